The molecule has 0 N–H and O–H groups in total. The summed E-state index contributed by atoms with van der Waals surface area (Å²) in [5, 5.41) is 0. The third-order valence-corrected chi connectivity index (χ3v) is 3.59. The molecule has 1 fully saturated rings. The molecule has 0 radical (unpaired) electrons. The van der Waals surface area contributed by atoms with Crippen molar-refractivity contribution in [3.05, 3.63) is 29.3 Å². The molecule has 4 nitrogen and oxygen atoms in total. The van der Waals surface area contributed by atoms with Crippen LogP contribution in [0, 0.1) is 12.8 Å². The highest BCUT2D eigenvalue weighted by molar-refractivity contribution is 5.99. The Balaban J connectivity index is 1.85. The second-order valence-electron chi connectivity index (χ2n) is 5.20. The Morgan fingerprint density at radius 2 is 2.10 bits per heavy atom. The molecule has 0 aliphatic carbocycles. The monoisotopic (exact) mass is 278 g/mol. The van der Waals surface area contributed by atoms with Crippen molar-refractivity contribution < 1.29 is 19.0 Å². The molecule has 0 amide bonds. The first-order valence-electron chi connectivity index (χ1n) is 7.04. The SMILES string of the molecule is COc1cc(C)ccc1C(=O)COCC1CCOCC1. The molecule has 110 valence electrons. The van der Waals surface area contributed by atoms with Gasteiger partial charge in [-0.05, 0) is 43.4 Å². The molecule has 4 heteroatoms. The van der Waals surface area contributed by atoms with Crippen LogP contribution >= 0.6 is 0 Å². The lowest BCUT2D eigenvalue weighted by molar-refractivity contribution is 0.0216. The van der Waals surface area contributed by atoms with E-state index in [0.29, 0.717) is 23.8 Å². The van der Waals surface area contributed by atoms with Gasteiger partial charge in [-0.2, -0.15) is 0 Å². The fourth-order valence-electron chi connectivity index (χ4n) is 2.34. The smallest absolute Gasteiger partial charge is 0.192 e. The highest BCUT2D eigenvalue weighted by Gasteiger charge is 2.16. The molecule has 0 atom stereocenters. The third kappa shape index (κ3) is 4.05. The number of Topliss-reactive ketones (excluding diaryl/α,β-unsaturated/α-hetero) is 1. The summed E-state index contributed by atoms with van der Waals surface area (Å²) in [7, 11) is 1.58. The van der Waals surface area contributed by atoms with Crippen molar-refractivity contribution >= 4 is 5.78 Å². The van der Waals surface area contributed by atoms with Crippen LogP contribution in [0.25, 0.3) is 0 Å². The predicted molar refractivity (Wildman–Crippen MR) is 76.4 cm³/mol. The van der Waals surface area contributed by atoms with Crippen LogP contribution in [-0.2, 0) is 9.47 Å². The third-order valence-electron chi connectivity index (χ3n) is 3.59. The first-order chi connectivity index (χ1) is 9.70. The summed E-state index contributed by atoms with van der Waals surface area (Å²) in [5.41, 5.74) is 1.66. The quantitative estimate of drug-likeness (QED) is 0.750. The molecule has 1 heterocycles. The van der Waals surface area contributed by atoms with Crippen LogP contribution in [0.15, 0.2) is 18.2 Å². The van der Waals surface area contributed by atoms with E-state index < -0.39 is 0 Å². The van der Waals surface area contributed by atoms with Gasteiger partial charge in [0.1, 0.15) is 12.4 Å². The number of hydrogen-bond acceptors (Lipinski definition) is 4. The normalized spacial score (nSPS) is 16.1. The highest BCUT2D eigenvalue weighted by Crippen LogP contribution is 2.21. The Morgan fingerprint density at radius 1 is 1.35 bits per heavy atom. The standard InChI is InChI=1S/C16H22O4/c1-12-3-4-14(16(9-12)18-2)15(17)11-20-10-13-5-7-19-8-6-13/h3-4,9,13H,5-8,10-11H2,1-2H3. The van der Waals surface area contributed by atoms with Crippen molar-refractivity contribution in [1.29, 1.82) is 0 Å². The lowest BCUT2D eigenvalue weighted by Crippen LogP contribution is -2.22. The maximum atomic E-state index is 12.1. The molecule has 1 aliphatic rings. The summed E-state index contributed by atoms with van der Waals surface area (Å²) in [5.74, 6) is 1.09. The van der Waals surface area contributed by atoms with Gasteiger partial charge in [0.2, 0.25) is 0 Å². The predicted octanol–water partition coefficient (Wildman–Crippen LogP) is 2.63. The summed E-state index contributed by atoms with van der Waals surface area (Å²) in [6.07, 6.45) is 2.03. The molecule has 0 aromatic heterocycles. The average Bonchev–Trinajstić information content (AvgIpc) is 2.48. The Bertz CT molecular complexity index is 450. The number of methoxy groups -OCH3 is 1. The van der Waals surface area contributed by atoms with Crippen molar-refractivity contribution in [2.24, 2.45) is 5.92 Å². The van der Waals surface area contributed by atoms with Crippen LogP contribution in [-0.4, -0.2) is 39.3 Å². The van der Waals surface area contributed by atoms with Gasteiger partial charge in [-0.25, -0.2) is 0 Å². The van der Waals surface area contributed by atoms with E-state index in [2.05, 4.69) is 0 Å². The number of hydrogen-bond donors (Lipinski definition) is 0. The van der Waals surface area contributed by atoms with Crippen LogP contribution in [0.1, 0.15) is 28.8 Å². The topological polar surface area (TPSA) is 44.8 Å². The Kier molecular flexibility index (Phi) is 5.56. The molecular formula is C16H22O4. The maximum absolute atomic E-state index is 12.1. The lowest BCUT2D eigenvalue weighted by Gasteiger charge is -2.21. The van der Waals surface area contributed by atoms with Crippen LogP contribution in [0.4, 0.5) is 0 Å². The molecule has 2 rings (SSSR count). The van der Waals surface area contributed by atoms with Gasteiger partial charge in [-0.3, -0.25) is 4.79 Å². The molecule has 0 bridgehead atoms. The average molecular weight is 278 g/mol. The minimum absolute atomic E-state index is 0.0334. The van der Waals surface area contributed by atoms with E-state index in [1.165, 1.54) is 0 Å². The van der Waals surface area contributed by atoms with E-state index in [-0.39, 0.29) is 12.4 Å². The van der Waals surface area contributed by atoms with Gasteiger partial charge in [0.25, 0.3) is 0 Å². The number of ketones is 1. The fraction of sp³-hybridized carbons (Fsp3) is 0.562. The van der Waals surface area contributed by atoms with E-state index in [1.807, 2.05) is 19.1 Å². The second kappa shape index (κ2) is 7.41. The van der Waals surface area contributed by atoms with Crippen molar-refractivity contribution in [3.8, 4) is 5.75 Å². The van der Waals surface area contributed by atoms with Gasteiger partial charge in [-0.15, -0.1) is 0 Å². The zero-order valence-corrected chi connectivity index (χ0v) is 12.2. The number of benzene rings is 1. The van der Waals surface area contributed by atoms with E-state index >= 15 is 0 Å². The molecule has 1 aromatic carbocycles. The summed E-state index contributed by atoms with van der Waals surface area (Å²) in [6.45, 7) is 4.31. The van der Waals surface area contributed by atoms with Crippen molar-refractivity contribution in [3.63, 3.8) is 0 Å². The van der Waals surface area contributed by atoms with Gasteiger partial charge in [0.15, 0.2) is 5.78 Å². The van der Waals surface area contributed by atoms with Crippen molar-refractivity contribution in [2.75, 3.05) is 33.5 Å². The van der Waals surface area contributed by atoms with Crippen molar-refractivity contribution in [2.45, 2.75) is 19.8 Å². The van der Waals surface area contributed by atoms with E-state index in [4.69, 9.17) is 14.2 Å². The Morgan fingerprint density at radius 3 is 2.80 bits per heavy atom. The second-order valence-corrected chi connectivity index (χ2v) is 5.20. The summed E-state index contributed by atoms with van der Waals surface area (Å²) < 4.78 is 16.1. The Labute approximate surface area is 120 Å². The molecule has 0 unspecified atom stereocenters. The minimum atomic E-state index is -0.0334. The zero-order valence-electron chi connectivity index (χ0n) is 12.2. The molecule has 1 aliphatic heterocycles. The molecule has 1 saturated heterocycles. The Hall–Kier alpha value is -1.39. The molecule has 0 saturated carbocycles. The number of ether oxygens (including phenoxy) is 3. The number of carbonyl (C=O) groups is 1. The zero-order chi connectivity index (χ0) is 14.4. The number of rotatable bonds is 6. The molecule has 0 spiro atoms. The van der Waals surface area contributed by atoms with E-state index in [9.17, 15) is 4.79 Å². The highest BCUT2D eigenvalue weighted by atomic mass is 16.5. The van der Waals surface area contributed by atoms with Gasteiger partial charge in [0, 0.05) is 13.2 Å². The first kappa shape index (κ1) is 15.0. The van der Waals surface area contributed by atoms with E-state index in [0.717, 1.165) is 31.6 Å². The van der Waals surface area contributed by atoms with Crippen LogP contribution in [0.5, 0.6) is 5.75 Å². The summed E-state index contributed by atoms with van der Waals surface area (Å²) in [6, 6.07) is 5.58. The summed E-state index contributed by atoms with van der Waals surface area (Å²) >= 11 is 0. The largest absolute Gasteiger partial charge is 0.496 e. The maximum Gasteiger partial charge on any atom is 0.192 e. The molecular weight excluding hydrogens is 256 g/mol. The summed E-state index contributed by atoms with van der Waals surface area (Å²) in [4.78, 5) is 12.1. The fourth-order valence-corrected chi connectivity index (χ4v) is 2.34. The van der Waals surface area contributed by atoms with Gasteiger partial charge < -0.3 is 14.2 Å². The lowest BCUT2D eigenvalue weighted by atomic mass is 10.0. The van der Waals surface area contributed by atoms with Gasteiger partial charge >= 0.3 is 0 Å². The number of aryl methyl sites for hydroxylation is 1. The van der Waals surface area contributed by atoms with Gasteiger partial charge in [0.05, 0.1) is 19.3 Å². The van der Waals surface area contributed by atoms with Crippen molar-refractivity contribution in [1.82, 2.24) is 0 Å². The molecule has 1 aromatic rings. The number of carbonyl (C=O) groups excluding carboxylic acids is 1. The van der Waals surface area contributed by atoms with Gasteiger partial charge in [-0.1, -0.05) is 6.07 Å². The molecule has 20 heavy (non-hydrogen) atoms. The first-order valence-corrected chi connectivity index (χ1v) is 7.04. The van der Waals surface area contributed by atoms with E-state index in [1.54, 1.807) is 13.2 Å². The van der Waals surface area contributed by atoms with Crippen LogP contribution in [0.2, 0.25) is 0 Å². The van der Waals surface area contributed by atoms with Crippen LogP contribution in [0.3, 0.4) is 0 Å². The minimum Gasteiger partial charge on any atom is -0.496 e. The van der Waals surface area contributed by atoms with Crippen LogP contribution < -0.4 is 4.74 Å².